The van der Waals surface area contributed by atoms with Gasteiger partial charge in [0.2, 0.25) is 0 Å². The van der Waals surface area contributed by atoms with Crippen molar-refractivity contribution in [1.29, 1.82) is 0 Å². The van der Waals surface area contributed by atoms with Gasteiger partial charge in [-0.1, -0.05) is 15.9 Å². The highest BCUT2D eigenvalue weighted by Gasteiger charge is 2.28. The van der Waals surface area contributed by atoms with E-state index in [4.69, 9.17) is 0 Å². The van der Waals surface area contributed by atoms with Crippen LogP contribution >= 0.6 is 15.9 Å². The minimum atomic E-state index is 0.0390. The highest BCUT2D eigenvalue weighted by atomic mass is 79.9. The van der Waals surface area contributed by atoms with E-state index in [9.17, 15) is 4.79 Å². The highest BCUT2D eigenvalue weighted by molar-refractivity contribution is 9.10. The van der Waals surface area contributed by atoms with Crippen molar-refractivity contribution in [2.75, 3.05) is 39.1 Å². The van der Waals surface area contributed by atoms with Crippen LogP contribution in [0, 0.1) is 0 Å². The zero-order chi connectivity index (χ0) is 17.3. The second-order valence-electron chi connectivity index (χ2n) is 6.39. The first-order chi connectivity index (χ1) is 11.5. The molecule has 2 aromatic rings. The Morgan fingerprint density at radius 3 is 2.83 bits per heavy atom. The number of piperidine rings is 1. The standard InChI is InChI=1S/C17H22BrN5O/c1-21(2)17(24)22(3)13-5-4-8-23(10-13)16-14-9-12(18)6-7-15(14)19-11-20-16/h6-7,9,11,13H,4-5,8,10H2,1-3H3. The number of halogens is 1. The van der Waals surface area contributed by atoms with Gasteiger partial charge in [-0.2, -0.15) is 0 Å². The molecule has 7 heteroatoms. The number of rotatable bonds is 2. The van der Waals surface area contributed by atoms with Crippen molar-refractivity contribution >= 4 is 38.7 Å². The van der Waals surface area contributed by atoms with Gasteiger partial charge < -0.3 is 14.7 Å². The maximum absolute atomic E-state index is 12.2. The molecule has 0 N–H and O–H groups in total. The molecule has 0 aliphatic carbocycles. The van der Waals surface area contributed by atoms with Gasteiger partial charge in [-0.3, -0.25) is 0 Å². The molecule has 1 atom stereocenters. The molecule has 1 aromatic carbocycles. The molecule has 0 spiro atoms. The smallest absolute Gasteiger partial charge is 0.319 e. The van der Waals surface area contributed by atoms with Crippen molar-refractivity contribution in [3.8, 4) is 0 Å². The molecule has 24 heavy (non-hydrogen) atoms. The Balaban J connectivity index is 1.88. The summed E-state index contributed by atoms with van der Waals surface area (Å²) in [5.74, 6) is 0.941. The van der Waals surface area contributed by atoms with E-state index in [1.807, 2.05) is 24.1 Å². The normalized spacial score (nSPS) is 17.8. The van der Waals surface area contributed by atoms with Gasteiger partial charge in [0.15, 0.2) is 0 Å². The quantitative estimate of drug-likeness (QED) is 0.789. The molecule has 0 saturated carbocycles. The first-order valence-corrected chi connectivity index (χ1v) is 8.86. The van der Waals surface area contributed by atoms with E-state index in [-0.39, 0.29) is 12.1 Å². The zero-order valence-corrected chi connectivity index (χ0v) is 15.8. The fraction of sp³-hybridized carbons (Fsp3) is 0.471. The summed E-state index contributed by atoms with van der Waals surface area (Å²) in [5.41, 5.74) is 0.933. The van der Waals surface area contributed by atoms with Gasteiger partial charge in [0.1, 0.15) is 12.1 Å². The lowest BCUT2D eigenvalue weighted by Gasteiger charge is -2.39. The third kappa shape index (κ3) is 3.31. The Labute approximate surface area is 150 Å². The number of benzene rings is 1. The van der Waals surface area contributed by atoms with Crippen molar-refractivity contribution in [1.82, 2.24) is 19.8 Å². The second kappa shape index (κ2) is 6.93. The third-order valence-corrected chi connectivity index (χ3v) is 5.00. The second-order valence-corrected chi connectivity index (χ2v) is 7.30. The maximum Gasteiger partial charge on any atom is 0.319 e. The Morgan fingerprint density at radius 2 is 2.08 bits per heavy atom. The van der Waals surface area contributed by atoms with Gasteiger partial charge >= 0.3 is 6.03 Å². The van der Waals surface area contributed by atoms with Crippen LogP contribution in [0.3, 0.4) is 0 Å². The average Bonchev–Trinajstić information content (AvgIpc) is 2.59. The molecule has 128 valence electrons. The number of hydrogen-bond acceptors (Lipinski definition) is 4. The fourth-order valence-electron chi connectivity index (χ4n) is 3.20. The minimum Gasteiger partial charge on any atom is -0.354 e. The van der Waals surface area contributed by atoms with E-state index in [1.54, 1.807) is 25.3 Å². The predicted octanol–water partition coefficient (Wildman–Crippen LogP) is 2.97. The number of carbonyl (C=O) groups excluding carboxylic acids is 1. The lowest BCUT2D eigenvalue weighted by Crippen LogP contribution is -2.51. The first-order valence-electron chi connectivity index (χ1n) is 8.06. The largest absolute Gasteiger partial charge is 0.354 e. The molecule has 1 fully saturated rings. The lowest BCUT2D eigenvalue weighted by molar-refractivity contribution is 0.157. The van der Waals surface area contributed by atoms with Crippen molar-refractivity contribution in [2.45, 2.75) is 18.9 Å². The SMILES string of the molecule is CN(C)C(=O)N(C)C1CCCN(c2ncnc3ccc(Br)cc23)C1. The third-order valence-electron chi connectivity index (χ3n) is 4.50. The van der Waals surface area contributed by atoms with Crippen LogP contribution in [-0.4, -0.2) is 66.1 Å². The van der Waals surface area contributed by atoms with Crippen LogP contribution in [0.4, 0.5) is 10.6 Å². The fourth-order valence-corrected chi connectivity index (χ4v) is 3.56. The molecule has 1 aliphatic heterocycles. The number of aromatic nitrogens is 2. The number of likely N-dealkylation sites (N-methyl/N-ethyl adjacent to an activating group) is 1. The number of urea groups is 1. The summed E-state index contributed by atoms with van der Waals surface area (Å²) in [6.45, 7) is 1.73. The van der Waals surface area contributed by atoms with Crippen LogP contribution in [0.2, 0.25) is 0 Å². The number of amides is 2. The zero-order valence-electron chi connectivity index (χ0n) is 14.2. The average molecular weight is 392 g/mol. The number of carbonyl (C=O) groups is 1. The predicted molar refractivity (Wildman–Crippen MR) is 99.3 cm³/mol. The summed E-state index contributed by atoms with van der Waals surface area (Å²) in [6, 6.07) is 6.26. The first kappa shape index (κ1) is 17.0. The molecular formula is C17H22BrN5O. The maximum atomic E-state index is 12.2. The Bertz CT molecular complexity index is 751. The van der Waals surface area contributed by atoms with Crippen molar-refractivity contribution in [2.24, 2.45) is 0 Å². The summed E-state index contributed by atoms with van der Waals surface area (Å²) >= 11 is 3.53. The molecule has 2 amide bonds. The number of hydrogen-bond donors (Lipinski definition) is 0. The van der Waals surface area contributed by atoms with E-state index in [0.29, 0.717) is 0 Å². The molecule has 6 nitrogen and oxygen atoms in total. The van der Waals surface area contributed by atoms with Crippen LogP contribution in [0.1, 0.15) is 12.8 Å². The Hall–Kier alpha value is -1.89. The van der Waals surface area contributed by atoms with Crippen LogP contribution in [0.25, 0.3) is 10.9 Å². The monoisotopic (exact) mass is 391 g/mol. The van der Waals surface area contributed by atoms with Gasteiger partial charge in [0.05, 0.1) is 11.6 Å². The van der Waals surface area contributed by atoms with E-state index >= 15 is 0 Å². The summed E-state index contributed by atoms with van der Waals surface area (Å²) in [4.78, 5) is 26.9. The van der Waals surface area contributed by atoms with Crippen molar-refractivity contribution < 1.29 is 4.79 Å². The van der Waals surface area contributed by atoms with Crippen LogP contribution < -0.4 is 4.90 Å². The van der Waals surface area contributed by atoms with E-state index in [2.05, 4.69) is 36.9 Å². The highest BCUT2D eigenvalue weighted by Crippen LogP contribution is 2.28. The summed E-state index contributed by atoms with van der Waals surface area (Å²) in [5, 5.41) is 1.04. The Kier molecular flexibility index (Phi) is 4.89. The van der Waals surface area contributed by atoms with Gasteiger partial charge in [-0.05, 0) is 31.0 Å². The topological polar surface area (TPSA) is 52.6 Å². The minimum absolute atomic E-state index is 0.0390. The molecule has 0 bridgehead atoms. The van der Waals surface area contributed by atoms with E-state index < -0.39 is 0 Å². The molecule has 1 aromatic heterocycles. The van der Waals surface area contributed by atoms with Gasteiger partial charge in [-0.25, -0.2) is 14.8 Å². The van der Waals surface area contributed by atoms with E-state index in [1.165, 1.54) is 0 Å². The number of fused-ring (bicyclic) bond motifs is 1. The van der Waals surface area contributed by atoms with Crippen LogP contribution in [-0.2, 0) is 0 Å². The van der Waals surface area contributed by atoms with E-state index in [0.717, 1.165) is 47.1 Å². The van der Waals surface area contributed by atoms with Gasteiger partial charge in [0, 0.05) is 44.1 Å². The van der Waals surface area contributed by atoms with Crippen molar-refractivity contribution in [3.05, 3.63) is 29.0 Å². The molecular weight excluding hydrogens is 370 g/mol. The van der Waals surface area contributed by atoms with Gasteiger partial charge in [0.25, 0.3) is 0 Å². The number of nitrogens with zero attached hydrogens (tertiary/aromatic N) is 5. The molecule has 0 radical (unpaired) electrons. The molecule has 2 heterocycles. The molecule has 1 unspecified atom stereocenters. The summed E-state index contributed by atoms with van der Waals surface area (Å²) < 4.78 is 1.01. The summed E-state index contributed by atoms with van der Waals surface area (Å²) in [7, 11) is 5.45. The van der Waals surface area contributed by atoms with Gasteiger partial charge in [-0.15, -0.1) is 0 Å². The molecule has 1 aliphatic rings. The number of anilines is 1. The molecule has 1 saturated heterocycles. The molecule has 3 rings (SSSR count). The van der Waals surface area contributed by atoms with Crippen LogP contribution in [0.15, 0.2) is 29.0 Å². The lowest BCUT2D eigenvalue weighted by atomic mass is 10.0. The Morgan fingerprint density at radius 1 is 1.29 bits per heavy atom. The van der Waals surface area contributed by atoms with Crippen LogP contribution in [0.5, 0.6) is 0 Å². The summed E-state index contributed by atoms with van der Waals surface area (Å²) in [6.07, 6.45) is 3.67. The van der Waals surface area contributed by atoms with Crippen molar-refractivity contribution in [3.63, 3.8) is 0 Å².